The van der Waals surface area contributed by atoms with Crippen LogP contribution in [0.5, 0.6) is 0 Å². The summed E-state index contributed by atoms with van der Waals surface area (Å²) >= 11 is 0. The molecule has 1 fully saturated rings. The molecule has 0 bridgehead atoms. The lowest BCUT2D eigenvalue weighted by Crippen LogP contribution is -2.27. The van der Waals surface area contributed by atoms with Gasteiger partial charge in [-0.05, 0) is 36.3 Å². The number of carbonyl (C=O) groups excluding carboxylic acids is 2. The zero-order valence-electron chi connectivity index (χ0n) is 10.8. The molecule has 100 valence electrons. The van der Waals surface area contributed by atoms with Gasteiger partial charge in [-0.1, -0.05) is 6.42 Å². The second-order valence-electron chi connectivity index (χ2n) is 5.03. The first kappa shape index (κ1) is 12.5. The molecule has 2 heterocycles. The summed E-state index contributed by atoms with van der Waals surface area (Å²) in [5.74, 6) is 2.41. The minimum atomic E-state index is -0.300. The molecule has 3 rings (SSSR count). The van der Waals surface area contributed by atoms with Crippen molar-refractivity contribution in [2.75, 3.05) is 0 Å². The van der Waals surface area contributed by atoms with Crippen LogP contribution in [0, 0.1) is 12.3 Å². The SMILES string of the molecule is C#Cc1nnc(C2=CNC(=O)CC2=O)cc1C1CCC1. The lowest BCUT2D eigenvalue weighted by molar-refractivity contribution is -0.125. The molecular weight excluding hydrogens is 254 g/mol. The largest absolute Gasteiger partial charge is 0.331 e. The maximum Gasteiger partial charge on any atom is 0.231 e. The average molecular weight is 267 g/mol. The quantitative estimate of drug-likeness (QED) is 0.644. The van der Waals surface area contributed by atoms with E-state index in [4.69, 9.17) is 6.42 Å². The fraction of sp³-hybridized carbons (Fsp3) is 0.333. The van der Waals surface area contributed by atoms with E-state index in [9.17, 15) is 9.59 Å². The molecule has 1 aromatic heterocycles. The lowest BCUT2D eigenvalue weighted by atomic mass is 9.79. The number of allylic oxidation sites excluding steroid dienone is 1. The molecule has 1 amide bonds. The number of nitrogens with zero attached hydrogens (tertiary/aromatic N) is 2. The second kappa shape index (κ2) is 4.89. The van der Waals surface area contributed by atoms with Crippen LogP contribution in [-0.4, -0.2) is 21.9 Å². The maximum absolute atomic E-state index is 11.9. The molecular formula is C15H13N3O2. The van der Waals surface area contributed by atoms with E-state index in [1.807, 2.05) is 6.07 Å². The number of nitrogens with one attached hydrogen (secondary N) is 1. The smallest absolute Gasteiger partial charge is 0.231 e. The number of rotatable bonds is 2. The summed E-state index contributed by atoms with van der Waals surface area (Å²) in [5, 5.41) is 10.6. The Bertz CT molecular complexity index is 666. The Morgan fingerprint density at radius 3 is 2.70 bits per heavy atom. The average Bonchev–Trinajstić information content (AvgIpc) is 2.37. The normalized spacial score (nSPS) is 18.9. The fourth-order valence-corrected chi connectivity index (χ4v) is 2.42. The first-order valence-electron chi connectivity index (χ1n) is 6.56. The van der Waals surface area contributed by atoms with Crippen LogP contribution in [0.2, 0.25) is 0 Å². The van der Waals surface area contributed by atoms with E-state index in [1.54, 1.807) is 0 Å². The molecule has 0 radical (unpaired) electrons. The summed E-state index contributed by atoms with van der Waals surface area (Å²) in [4.78, 5) is 23.0. The third kappa shape index (κ3) is 2.10. The van der Waals surface area contributed by atoms with Gasteiger partial charge in [0.05, 0.1) is 17.7 Å². The number of carbonyl (C=O) groups is 2. The molecule has 0 spiro atoms. The van der Waals surface area contributed by atoms with Crippen LogP contribution in [0.3, 0.4) is 0 Å². The summed E-state index contributed by atoms with van der Waals surface area (Å²) in [6.07, 6.45) is 10.1. The number of Topliss-reactive ketones (excluding diaryl/α,β-unsaturated/α-hetero) is 1. The summed E-state index contributed by atoms with van der Waals surface area (Å²) < 4.78 is 0. The van der Waals surface area contributed by atoms with Crippen LogP contribution in [0.25, 0.3) is 5.57 Å². The number of amides is 1. The Balaban J connectivity index is 2.01. The number of hydrogen-bond acceptors (Lipinski definition) is 4. The molecule has 1 aliphatic carbocycles. The van der Waals surface area contributed by atoms with Gasteiger partial charge in [0.2, 0.25) is 5.91 Å². The first-order chi connectivity index (χ1) is 9.69. The molecule has 5 nitrogen and oxygen atoms in total. The Morgan fingerprint density at radius 2 is 2.10 bits per heavy atom. The highest BCUT2D eigenvalue weighted by molar-refractivity contribution is 6.27. The first-order valence-corrected chi connectivity index (χ1v) is 6.56. The van der Waals surface area contributed by atoms with Crippen molar-refractivity contribution in [2.24, 2.45) is 0 Å². The standard InChI is InChI=1S/C15H13N3O2/c1-2-12-10(9-4-3-5-9)6-13(18-17-12)11-8-16-15(20)7-14(11)19/h1,6,8-9H,3-5,7H2,(H,16,20). The van der Waals surface area contributed by atoms with Crippen molar-refractivity contribution in [1.82, 2.24) is 15.5 Å². The van der Waals surface area contributed by atoms with Crippen molar-refractivity contribution in [3.63, 3.8) is 0 Å². The van der Waals surface area contributed by atoms with Crippen molar-refractivity contribution in [3.05, 3.63) is 29.2 Å². The van der Waals surface area contributed by atoms with E-state index in [1.165, 1.54) is 12.6 Å². The summed E-state index contributed by atoms with van der Waals surface area (Å²) in [6.45, 7) is 0. The molecule has 2 aliphatic rings. The van der Waals surface area contributed by atoms with E-state index in [0.717, 1.165) is 18.4 Å². The van der Waals surface area contributed by atoms with Crippen LogP contribution in [-0.2, 0) is 9.59 Å². The molecule has 1 N–H and O–H groups in total. The molecule has 1 aliphatic heterocycles. The number of ketones is 1. The molecule has 1 saturated carbocycles. The molecule has 5 heteroatoms. The molecule has 0 saturated heterocycles. The van der Waals surface area contributed by atoms with Gasteiger partial charge in [0.15, 0.2) is 5.78 Å². The predicted molar refractivity (Wildman–Crippen MR) is 72.3 cm³/mol. The van der Waals surface area contributed by atoms with Gasteiger partial charge in [-0.2, -0.15) is 0 Å². The topological polar surface area (TPSA) is 72.0 Å². The third-order valence-corrected chi connectivity index (χ3v) is 3.78. The van der Waals surface area contributed by atoms with Gasteiger partial charge < -0.3 is 5.32 Å². The van der Waals surface area contributed by atoms with E-state index < -0.39 is 0 Å². The van der Waals surface area contributed by atoms with Gasteiger partial charge in [-0.25, -0.2) is 0 Å². The van der Waals surface area contributed by atoms with Gasteiger partial charge in [0, 0.05) is 6.20 Å². The summed E-state index contributed by atoms with van der Waals surface area (Å²) in [5.41, 5.74) is 2.40. The zero-order valence-corrected chi connectivity index (χ0v) is 10.8. The molecule has 1 aromatic rings. The Kier molecular flexibility index (Phi) is 3.07. The minimum Gasteiger partial charge on any atom is -0.331 e. The van der Waals surface area contributed by atoms with E-state index in [-0.39, 0.29) is 18.1 Å². The van der Waals surface area contributed by atoms with Gasteiger partial charge in [-0.3, -0.25) is 9.59 Å². The Labute approximate surface area is 116 Å². The predicted octanol–water partition coefficient (Wildman–Crippen LogP) is 1.16. The van der Waals surface area contributed by atoms with Gasteiger partial charge in [0.25, 0.3) is 0 Å². The highest BCUT2D eigenvalue weighted by atomic mass is 16.2. The zero-order chi connectivity index (χ0) is 14.1. The van der Waals surface area contributed by atoms with Crippen LogP contribution >= 0.6 is 0 Å². The van der Waals surface area contributed by atoms with Gasteiger partial charge in [0.1, 0.15) is 5.69 Å². The molecule has 20 heavy (non-hydrogen) atoms. The highest BCUT2D eigenvalue weighted by Crippen LogP contribution is 2.38. The van der Waals surface area contributed by atoms with Crippen LogP contribution in [0.4, 0.5) is 0 Å². The van der Waals surface area contributed by atoms with Gasteiger partial charge in [-0.15, -0.1) is 16.6 Å². The maximum atomic E-state index is 11.9. The number of terminal acetylenes is 1. The summed E-state index contributed by atoms with van der Waals surface area (Å²) in [6, 6.07) is 1.84. The number of aromatic nitrogens is 2. The van der Waals surface area contributed by atoms with Crippen LogP contribution in [0.15, 0.2) is 12.3 Å². The fourth-order valence-electron chi connectivity index (χ4n) is 2.42. The van der Waals surface area contributed by atoms with E-state index in [2.05, 4.69) is 21.4 Å². The Hall–Kier alpha value is -2.48. The lowest BCUT2D eigenvalue weighted by Gasteiger charge is -2.26. The van der Waals surface area contributed by atoms with Crippen molar-refractivity contribution in [2.45, 2.75) is 31.6 Å². The van der Waals surface area contributed by atoms with Crippen molar-refractivity contribution in [1.29, 1.82) is 0 Å². The second-order valence-corrected chi connectivity index (χ2v) is 5.03. The monoisotopic (exact) mass is 267 g/mol. The summed E-state index contributed by atoms with van der Waals surface area (Å²) in [7, 11) is 0. The van der Waals surface area contributed by atoms with Crippen molar-refractivity contribution < 1.29 is 9.59 Å². The van der Waals surface area contributed by atoms with Crippen LogP contribution < -0.4 is 5.32 Å². The van der Waals surface area contributed by atoms with Crippen molar-refractivity contribution >= 4 is 17.3 Å². The van der Waals surface area contributed by atoms with E-state index in [0.29, 0.717) is 22.9 Å². The molecule has 0 atom stereocenters. The molecule has 0 aromatic carbocycles. The van der Waals surface area contributed by atoms with Gasteiger partial charge >= 0.3 is 0 Å². The van der Waals surface area contributed by atoms with Crippen LogP contribution in [0.1, 0.15) is 48.6 Å². The molecule has 0 unspecified atom stereocenters. The number of hydrogen-bond donors (Lipinski definition) is 1. The Morgan fingerprint density at radius 1 is 1.30 bits per heavy atom. The minimum absolute atomic E-state index is 0.150. The van der Waals surface area contributed by atoms with E-state index >= 15 is 0 Å². The highest BCUT2D eigenvalue weighted by Gasteiger charge is 2.26. The van der Waals surface area contributed by atoms with Crippen molar-refractivity contribution in [3.8, 4) is 12.3 Å². The third-order valence-electron chi connectivity index (χ3n) is 3.78.